The molecule has 0 saturated heterocycles. The number of halogens is 2. The second-order valence-corrected chi connectivity index (χ2v) is 4.98. The zero-order chi connectivity index (χ0) is 12.1. The van der Waals surface area contributed by atoms with E-state index in [1.165, 1.54) is 4.57 Å². The Morgan fingerprint density at radius 2 is 2.19 bits per heavy atom. The Balaban J connectivity index is 2.74. The number of nitrogens with zero attached hydrogens (tertiary/aromatic N) is 1. The van der Waals surface area contributed by atoms with Gasteiger partial charge in [0.15, 0.2) is 0 Å². The van der Waals surface area contributed by atoms with Gasteiger partial charge in [-0.1, -0.05) is 0 Å². The molecule has 0 radical (unpaired) electrons. The lowest BCUT2D eigenvalue weighted by Crippen LogP contribution is -2.27. The van der Waals surface area contributed by atoms with E-state index in [9.17, 15) is 9.59 Å². The van der Waals surface area contributed by atoms with E-state index in [0.717, 1.165) is 4.47 Å². The molecule has 0 spiro atoms. The average molecular weight is 352 g/mol. The maximum Gasteiger partial charge on any atom is 0.264 e. The van der Waals surface area contributed by atoms with E-state index >= 15 is 0 Å². The SMILES string of the molecule is CCNC(=O)CCn1cc(Br)cc(Br)c1=O. The molecular weight excluding hydrogens is 340 g/mol. The number of rotatable bonds is 4. The summed E-state index contributed by atoms with van der Waals surface area (Å²) in [6.07, 6.45) is 1.98. The lowest BCUT2D eigenvalue weighted by atomic mass is 10.3. The van der Waals surface area contributed by atoms with Crippen LogP contribution in [0.15, 0.2) is 26.0 Å². The molecule has 6 heteroatoms. The van der Waals surface area contributed by atoms with Crippen molar-refractivity contribution in [1.29, 1.82) is 0 Å². The second kappa shape index (κ2) is 6.20. The third kappa shape index (κ3) is 3.75. The van der Waals surface area contributed by atoms with Gasteiger partial charge in [0.2, 0.25) is 5.91 Å². The van der Waals surface area contributed by atoms with Gasteiger partial charge in [0.25, 0.3) is 5.56 Å². The summed E-state index contributed by atoms with van der Waals surface area (Å²) in [5.74, 6) is -0.0505. The molecule has 0 aromatic carbocycles. The molecule has 1 heterocycles. The minimum Gasteiger partial charge on any atom is -0.356 e. The number of hydrogen-bond acceptors (Lipinski definition) is 2. The van der Waals surface area contributed by atoms with Gasteiger partial charge in [-0.3, -0.25) is 9.59 Å². The molecule has 0 atom stereocenters. The molecule has 0 saturated carbocycles. The molecule has 1 aromatic heterocycles. The normalized spacial score (nSPS) is 10.2. The third-order valence-corrected chi connectivity index (χ3v) is 2.96. The Hall–Kier alpha value is -0.620. The Kier molecular flexibility index (Phi) is 5.21. The Morgan fingerprint density at radius 1 is 1.50 bits per heavy atom. The van der Waals surface area contributed by atoms with Gasteiger partial charge in [0.1, 0.15) is 0 Å². The highest BCUT2D eigenvalue weighted by Gasteiger charge is 2.05. The molecule has 0 aliphatic rings. The van der Waals surface area contributed by atoms with Gasteiger partial charge >= 0.3 is 0 Å². The molecule has 0 aliphatic heterocycles. The van der Waals surface area contributed by atoms with Crippen LogP contribution in [-0.2, 0) is 11.3 Å². The molecule has 0 unspecified atom stereocenters. The number of aromatic nitrogens is 1. The quantitative estimate of drug-likeness (QED) is 0.900. The van der Waals surface area contributed by atoms with Gasteiger partial charge in [-0.15, -0.1) is 0 Å². The highest BCUT2D eigenvalue weighted by atomic mass is 79.9. The largest absolute Gasteiger partial charge is 0.356 e. The molecule has 16 heavy (non-hydrogen) atoms. The number of carbonyl (C=O) groups excluding carboxylic acids is 1. The third-order valence-electron chi connectivity index (χ3n) is 1.96. The van der Waals surface area contributed by atoms with E-state index in [1.54, 1.807) is 12.3 Å². The second-order valence-electron chi connectivity index (χ2n) is 3.21. The van der Waals surface area contributed by atoms with Crippen LogP contribution in [0, 0.1) is 0 Å². The first-order valence-electron chi connectivity index (χ1n) is 4.86. The van der Waals surface area contributed by atoms with Crippen LogP contribution >= 0.6 is 31.9 Å². The number of aryl methyl sites for hydroxylation is 1. The van der Waals surface area contributed by atoms with Crippen LogP contribution in [-0.4, -0.2) is 17.0 Å². The van der Waals surface area contributed by atoms with E-state index in [1.807, 2.05) is 6.92 Å². The van der Waals surface area contributed by atoms with Crippen molar-refractivity contribution < 1.29 is 4.79 Å². The minimum atomic E-state index is -0.132. The van der Waals surface area contributed by atoms with E-state index in [4.69, 9.17) is 0 Å². The maximum atomic E-state index is 11.7. The molecular formula is C10H12Br2N2O2. The fourth-order valence-corrected chi connectivity index (χ4v) is 2.50. The van der Waals surface area contributed by atoms with Crippen LogP contribution in [0.2, 0.25) is 0 Å². The van der Waals surface area contributed by atoms with Crippen LogP contribution in [0.25, 0.3) is 0 Å². The molecule has 1 aromatic rings. The summed E-state index contributed by atoms with van der Waals surface area (Å²) in [5, 5.41) is 2.69. The summed E-state index contributed by atoms with van der Waals surface area (Å²) in [7, 11) is 0. The number of nitrogens with one attached hydrogen (secondary N) is 1. The molecule has 1 rings (SSSR count). The number of amides is 1. The average Bonchev–Trinajstić information content (AvgIpc) is 2.21. The predicted molar refractivity (Wildman–Crippen MR) is 69.4 cm³/mol. The Bertz CT molecular complexity index is 443. The Labute approximate surface area is 110 Å². The van der Waals surface area contributed by atoms with Gasteiger partial charge < -0.3 is 9.88 Å². The van der Waals surface area contributed by atoms with Gasteiger partial charge in [-0.05, 0) is 44.8 Å². The molecule has 1 amide bonds. The van der Waals surface area contributed by atoms with E-state index in [0.29, 0.717) is 24.0 Å². The monoisotopic (exact) mass is 350 g/mol. The smallest absolute Gasteiger partial charge is 0.264 e. The summed E-state index contributed by atoms with van der Waals surface area (Å²) in [6.45, 7) is 2.85. The predicted octanol–water partition coefficient (Wildman–Crippen LogP) is 1.90. The van der Waals surface area contributed by atoms with Gasteiger partial charge in [-0.2, -0.15) is 0 Å². The first-order chi connectivity index (χ1) is 7.54. The van der Waals surface area contributed by atoms with Gasteiger partial charge in [-0.25, -0.2) is 0 Å². The minimum absolute atomic E-state index is 0.0505. The molecule has 0 aliphatic carbocycles. The van der Waals surface area contributed by atoms with E-state index in [-0.39, 0.29) is 11.5 Å². The van der Waals surface area contributed by atoms with Crippen LogP contribution in [0.4, 0.5) is 0 Å². The summed E-state index contributed by atoms with van der Waals surface area (Å²) in [5.41, 5.74) is -0.132. The van der Waals surface area contributed by atoms with Crippen molar-refractivity contribution in [3.8, 4) is 0 Å². The number of carbonyl (C=O) groups is 1. The van der Waals surface area contributed by atoms with Gasteiger partial charge in [0, 0.05) is 30.2 Å². The maximum absolute atomic E-state index is 11.7. The van der Waals surface area contributed by atoms with Crippen molar-refractivity contribution in [2.75, 3.05) is 6.54 Å². The van der Waals surface area contributed by atoms with Crippen molar-refractivity contribution >= 4 is 37.8 Å². The molecule has 0 bridgehead atoms. The fraction of sp³-hybridized carbons (Fsp3) is 0.400. The van der Waals surface area contributed by atoms with E-state index in [2.05, 4.69) is 37.2 Å². The van der Waals surface area contributed by atoms with Crippen molar-refractivity contribution in [1.82, 2.24) is 9.88 Å². The Morgan fingerprint density at radius 3 is 2.81 bits per heavy atom. The summed E-state index contributed by atoms with van der Waals surface area (Å²) in [4.78, 5) is 22.9. The van der Waals surface area contributed by atoms with Crippen molar-refractivity contribution in [2.45, 2.75) is 19.9 Å². The lowest BCUT2D eigenvalue weighted by molar-refractivity contribution is -0.121. The van der Waals surface area contributed by atoms with Crippen LogP contribution in [0.5, 0.6) is 0 Å². The van der Waals surface area contributed by atoms with Crippen LogP contribution in [0.1, 0.15) is 13.3 Å². The molecule has 0 fully saturated rings. The summed E-state index contributed by atoms with van der Waals surface area (Å²) < 4.78 is 2.79. The zero-order valence-corrected chi connectivity index (χ0v) is 12.0. The highest BCUT2D eigenvalue weighted by molar-refractivity contribution is 9.11. The summed E-state index contributed by atoms with van der Waals surface area (Å²) in [6, 6.07) is 1.69. The highest BCUT2D eigenvalue weighted by Crippen LogP contribution is 2.12. The molecule has 4 nitrogen and oxygen atoms in total. The first kappa shape index (κ1) is 13.4. The lowest BCUT2D eigenvalue weighted by Gasteiger charge is -2.07. The fourth-order valence-electron chi connectivity index (χ4n) is 1.24. The van der Waals surface area contributed by atoms with Gasteiger partial charge in [0.05, 0.1) is 4.47 Å². The topological polar surface area (TPSA) is 51.1 Å². The van der Waals surface area contributed by atoms with Crippen molar-refractivity contribution in [3.05, 3.63) is 31.6 Å². The van der Waals surface area contributed by atoms with Crippen LogP contribution in [0.3, 0.4) is 0 Å². The van der Waals surface area contributed by atoms with Crippen molar-refractivity contribution in [2.24, 2.45) is 0 Å². The first-order valence-corrected chi connectivity index (χ1v) is 6.45. The summed E-state index contributed by atoms with van der Waals surface area (Å²) >= 11 is 6.47. The number of pyridine rings is 1. The standard InChI is InChI=1S/C10H12Br2N2O2/c1-2-13-9(15)3-4-14-6-7(11)5-8(12)10(14)16/h5-6H,2-4H2,1H3,(H,13,15). The van der Waals surface area contributed by atoms with E-state index < -0.39 is 0 Å². The van der Waals surface area contributed by atoms with Crippen molar-refractivity contribution in [3.63, 3.8) is 0 Å². The number of hydrogen-bond donors (Lipinski definition) is 1. The molecule has 1 N–H and O–H groups in total. The molecule has 88 valence electrons. The zero-order valence-electron chi connectivity index (χ0n) is 8.80. The van der Waals surface area contributed by atoms with Crippen LogP contribution < -0.4 is 10.9 Å².